The van der Waals surface area contributed by atoms with Gasteiger partial charge in [-0.05, 0) is 61.5 Å². The van der Waals surface area contributed by atoms with E-state index in [1.807, 2.05) is 36.4 Å². The van der Waals surface area contributed by atoms with E-state index in [0.717, 1.165) is 43.7 Å². The molecule has 2 aromatic rings. The lowest BCUT2D eigenvalue weighted by Gasteiger charge is -2.13. The van der Waals surface area contributed by atoms with Crippen molar-refractivity contribution in [1.29, 1.82) is 0 Å². The number of ether oxygens (including phenoxy) is 2. The topological polar surface area (TPSA) is 59.6 Å². The molecule has 5 nitrogen and oxygen atoms in total. The summed E-state index contributed by atoms with van der Waals surface area (Å²) in [7, 11) is 0. The Hall–Kier alpha value is -2.60. The van der Waals surface area contributed by atoms with Crippen LogP contribution in [0.1, 0.15) is 75.6 Å². The Balaban J connectivity index is 1.79. The Morgan fingerprint density at radius 2 is 1.44 bits per heavy atom. The number of amides is 1. The Labute approximate surface area is 197 Å². The van der Waals surface area contributed by atoms with Crippen LogP contribution in [-0.4, -0.2) is 24.2 Å². The minimum atomic E-state index is -0.295. The fourth-order valence-electron chi connectivity index (χ4n) is 3.18. The van der Waals surface area contributed by atoms with Crippen LogP contribution >= 0.6 is 12.2 Å². The summed E-state index contributed by atoms with van der Waals surface area (Å²) >= 11 is 5.32. The Bertz CT molecular complexity index is 824. The molecule has 1 amide bonds. The number of nitrogens with one attached hydrogen (secondary N) is 2. The maximum Gasteiger partial charge on any atom is 0.261 e. The average Bonchev–Trinajstić information content (AvgIpc) is 2.80. The van der Waals surface area contributed by atoms with Crippen LogP contribution < -0.4 is 20.1 Å². The van der Waals surface area contributed by atoms with Gasteiger partial charge in [0.2, 0.25) is 0 Å². The second kappa shape index (κ2) is 15.2. The molecule has 2 N–H and O–H groups in total. The molecule has 0 heterocycles. The molecule has 6 heteroatoms. The van der Waals surface area contributed by atoms with Gasteiger partial charge in [-0.1, -0.05) is 64.5 Å². The number of unbranched alkanes of at least 4 members (excludes halogenated alkanes) is 6. The maximum atomic E-state index is 12.7. The van der Waals surface area contributed by atoms with Crippen LogP contribution in [0, 0.1) is 0 Å². The van der Waals surface area contributed by atoms with Gasteiger partial charge in [0.05, 0.1) is 18.8 Å². The molecule has 174 valence electrons. The molecule has 0 spiro atoms. The van der Waals surface area contributed by atoms with Crippen molar-refractivity contribution in [1.82, 2.24) is 5.32 Å². The predicted molar refractivity (Wildman–Crippen MR) is 136 cm³/mol. The summed E-state index contributed by atoms with van der Waals surface area (Å²) in [4.78, 5) is 12.7. The van der Waals surface area contributed by atoms with Crippen LogP contribution in [0.5, 0.6) is 11.5 Å². The number of rotatable bonds is 14. The highest BCUT2D eigenvalue weighted by Gasteiger charge is 2.13. The summed E-state index contributed by atoms with van der Waals surface area (Å²) in [6.45, 7) is 5.68. The molecule has 0 saturated carbocycles. The van der Waals surface area contributed by atoms with Crippen LogP contribution in [0.3, 0.4) is 0 Å². The van der Waals surface area contributed by atoms with Gasteiger partial charge in [0.1, 0.15) is 11.5 Å². The number of carbonyl (C=O) groups excluding carboxylic acids is 1. The van der Waals surface area contributed by atoms with Gasteiger partial charge in [-0.2, -0.15) is 0 Å². The normalized spacial score (nSPS) is 10.4. The molecular weight excluding hydrogens is 420 g/mol. The number of carbonyl (C=O) groups is 1. The monoisotopic (exact) mass is 456 g/mol. The lowest BCUT2D eigenvalue weighted by atomic mass is 10.2. The van der Waals surface area contributed by atoms with E-state index < -0.39 is 0 Å². The van der Waals surface area contributed by atoms with Crippen molar-refractivity contribution in [3.8, 4) is 11.5 Å². The largest absolute Gasteiger partial charge is 0.494 e. The van der Waals surface area contributed by atoms with Crippen molar-refractivity contribution in [3.63, 3.8) is 0 Å². The number of hydrogen-bond donors (Lipinski definition) is 2. The summed E-state index contributed by atoms with van der Waals surface area (Å²) in [6, 6.07) is 14.8. The minimum Gasteiger partial charge on any atom is -0.494 e. The zero-order valence-corrected chi connectivity index (χ0v) is 20.1. The zero-order valence-electron chi connectivity index (χ0n) is 19.3. The van der Waals surface area contributed by atoms with Crippen molar-refractivity contribution < 1.29 is 14.3 Å². The molecule has 2 aromatic carbocycles. The standard InChI is InChI=1S/C26H36N2O3S/c1-3-5-7-8-12-19-30-22-17-15-21(16-18-22)27-26(32)28-25(29)23-13-9-10-14-24(23)31-20-11-6-4-2/h9-10,13-18H,3-8,11-12,19-20H2,1-2H3,(H2,27,28,29,32). The molecule has 0 unspecified atom stereocenters. The van der Waals surface area contributed by atoms with E-state index in [0.29, 0.717) is 17.9 Å². The highest BCUT2D eigenvalue weighted by molar-refractivity contribution is 7.80. The highest BCUT2D eigenvalue weighted by atomic mass is 32.1. The van der Waals surface area contributed by atoms with Gasteiger partial charge in [-0.3, -0.25) is 10.1 Å². The van der Waals surface area contributed by atoms with Crippen molar-refractivity contribution in [2.45, 2.75) is 65.2 Å². The van der Waals surface area contributed by atoms with Crippen molar-refractivity contribution >= 4 is 28.9 Å². The highest BCUT2D eigenvalue weighted by Crippen LogP contribution is 2.19. The number of para-hydroxylation sites is 1. The van der Waals surface area contributed by atoms with Crippen LogP contribution in [0.2, 0.25) is 0 Å². The summed E-state index contributed by atoms with van der Waals surface area (Å²) in [5, 5.41) is 6.01. The molecule has 0 bridgehead atoms. The number of benzene rings is 2. The Morgan fingerprint density at radius 1 is 0.812 bits per heavy atom. The van der Waals surface area contributed by atoms with Crippen LogP contribution in [0.4, 0.5) is 5.69 Å². The van der Waals surface area contributed by atoms with Crippen molar-refractivity contribution in [3.05, 3.63) is 54.1 Å². The van der Waals surface area contributed by atoms with E-state index in [2.05, 4.69) is 24.5 Å². The van der Waals surface area contributed by atoms with Crippen LogP contribution in [-0.2, 0) is 0 Å². The van der Waals surface area contributed by atoms with Gasteiger partial charge < -0.3 is 14.8 Å². The molecule has 2 rings (SSSR count). The quantitative estimate of drug-likeness (QED) is 0.244. The molecule has 0 fully saturated rings. The summed E-state index contributed by atoms with van der Waals surface area (Å²) in [6.07, 6.45) is 9.26. The first-order valence-electron chi connectivity index (χ1n) is 11.7. The number of thiocarbonyl (C=S) groups is 1. The fourth-order valence-corrected chi connectivity index (χ4v) is 3.39. The lowest BCUT2D eigenvalue weighted by molar-refractivity contribution is 0.0973. The lowest BCUT2D eigenvalue weighted by Crippen LogP contribution is -2.34. The molecule has 0 aliphatic carbocycles. The van der Waals surface area contributed by atoms with Crippen LogP contribution in [0.15, 0.2) is 48.5 Å². The van der Waals surface area contributed by atoms with Gasteiger partial charge in [-0.25, -0.2) is 0 Å². The first kappa shape index (κ1) is 25.7. The second-order valence-corrected chi connectivity index (χ2v) is 8.16. The van der Waals surface area contributed by atoms with E-state index in [4.69, 9.17) is 21.7 Å². The number of hydrogen-bond acceptors (Lipinski definition) is 4. The van der Waals surface area contributed by atoms with E-state index in [1.165, 1.54) is 25.7 Å². The first-order valence-corrected chi connectivity index (χ1v) is 12.1. The molecule has 0 aliphatic rings. The average molecular weight is 457 g/mol. The minimum absolute atomic E-state index is 0.236. The molecular formula is C26H36N2O3S. The predicted octanol–water partition coefficient (Wildman–Crippen LogP) is 6.73. The zero-order chi connectivity index (χ0) is 23.0. The van der Waals surface area contributed by atoms with E-state index in [9.17, 15) is 4.79 Å². The first-order chi connectivity index (χ1) is 15.6. The summed E-state index contributed by atoms with van der Waals surface area (Å²) in [5.74, 6) is 1.10. The fraction of sp³-hybridized carbons (Fsp3) is 0.462. The third kappa shape index (κ3) is 9.69. The molecule has 0 radical (unpaired) electrons. The van der Waals surface area contributed by atoms with E-state index in [-0.39, 0.29) is 11.0 Å². The Morgan fingerprint density at radius 3 is 2.19 bits per heavy atom. The third-order valence-electron chi connectivity index (χ3n) is 4.99. The van der Waals surface area contributed by atoms with E-state index >= 15 is 0 Å². The second-order valence-electron chi connectivity index (χ2n) is 7.75. The molecule has 0 atom stereocenters. The van der Waals surface area contributed by atoms with Gasteiger partial charge in [0.15, 0.2) is 5.11 Å². The van der Waals surface area contributed by atoms with Gasteiger partial charge >= 0.3 is 0 Å². The maximum absolute atomic E-state index is 12.7. The third-order valence-corrected chi connectivity index (χ3v) is 5.20. The summed E-state index contributed by atoms with van der Waals surface area (Å²) < 4.78 is 11.6. The number of anilines is 1. The van der Waals surface area contributed by atoms with Crippen LogP contribution in [0.25, 0.3) is 0 Å². The molecule has 0 aromatic heterocycles. The van der Waals surface area contributed by atoms with Gasteiger partial charge in [-0.15, -0.1) is 0 Å². The molecule has 0 saturated heterocycles. The van der Waals surface area contributed by atoms with E-state index in [1.54, 1.807) is 12.1 Å². The SMILES string of the molecule is CCCCCCCOc1ccc(NC(=S)NC(=O)c2ccccc2OCCCCC)cc1. The van der Waals surface area contributed by atoms with Gasteiger partial charge in [0.25, 0.3) is 5.91 Å². The van der Waals surface area contributed by atoms with Crippen molar-refractivity contribution in [2.24, 2.45) is 0 Å². The van der Waals surface area contributed by atoms with Gasteiger partial charge in [0, 0.05) is 5.69 Å². The summed E-state index contributed by atoms with van der Waals surface area (Å²) in [5.41, 5.74) is 1.26. The van der Waals surface area contributed by atoms with Crippen molar-refractivity contribution in [2.75, 3.05) is 18.5 Å². The Kier molecular flexibility index (Phi) is 12.2. The molecule has 32 heavy (non-hydrogen) atoms. The molecule has 0 aliphatic heterocycles. The smallest absolute Gasteiger partial charge is 0.261 e.